The van der Waals surface area contributed by atoms with E-state index in [0.717, 1.165) is 16.4 Å². The van der Waals surface area contributed by atoms with Crippen LogP contribution in [0.15, 0.2) is 121 Å². The number of fused-ring (bicyclic) bond motifs is 4. The number of para-hydroxylation sites is 1. The summed E-state index contributed by atoms with van der Waals surface area (Å²) in [6.45, 7) is 1.93. The number of hydrogen-bond donors (Lipinski definition) is 3. The largest absolute Gasteiger partial charge is 0.504 e. The number of hydrazine groups is 1. The molecule has 5 aromatic rings. The van der Waals surface area contributed by atoms with Crippen LogP contribution in [0.1, 0.15) is 42.4 Å². The standard InChI is InChI=1S/C46H36Cl2F3N5O6/c1-2-62-37-20-24(8-19-36(37)57)39-31-17-18-32-38(43(60)55(41(32)58)30-15-13-29(14-16-30)53-28-6-4-3-5-7-28)33(31)22-34-42(59)56(44(61)45(34,39)25-9-11-27(47)12-10-25)54-40-35(48)21-26(23-52-40)46(49,50)51/h3-17,19-21,23,32-34,38-39,53,57H,2,18,22H2,1H3,(H,52,54). The molecule has 1 saturated carbocycles. The lowest BCUT2D eigenvalue weighted by Gasteiger charge is -2.50. The van der Waals surface area contributed by atoms with Gasteiger partial charge < -0.3 is 15.2 Å². The molecule has 2 saturated heterocycles. The number of phenolic OH excluding ortho intramolecular Hbond substituents is 1. The molecule has 16 heteroatoms. The molecule has 0 radical (unpaired) electrons. The van der Waals surface area contributed by atoms with Crippen molar-refractivity contribution in [3.8, 4) is 11.5 Å². The number of benzene rings is 4. The van der Waals surface area contributed by atoms with E-state index in [9.17, 15) is 27.9 Å². The fourth-order valence-electron chi connectivity index (χ4n) is 9.78. The lowest BCUT2D eigenvalue weighted by Crippen LogP contribution is -2.53. The summed E-state index contributed by atoms with van der Waals surface area (Å²) in [6.07, 6.45) is -2.27. The Morgan fingerprint density at radius 3 is 2.26 bits per heavy atom. The number of imide groups is 2. The van der Waals surface area contributed by atoms with E-state index >= 15 is 9.59 Å². The monoisotopic (exact) mass is 881 g/mol. The van der Waals surface area contributed by atoms with E-state index in [1.807, 2.05) is 36.4 Å². The van der Waals surface area contributed by atoms with Crippen molar-refractivity contribution in [2.45, 2.75) is 37.3 Å². The van der Waals surface area contributed by atoms with Gasteiger partial charge in [0.05, 0.1) is 46.0 Å². The molecular weight excluding hydrogens is 846 g/mol. The maximum atomic E-state index is 15.5. The summed E-state index contributed by atoms with van der Waals surface area (Å²) < 4.78 is 46.5. The normalized spacial score (nSPS) is 24.4. The van der Waals surface area contributed by atoms with E-state index in [1.54, 1.807) is 67.6 Å². The maximum Gasteiger partial charge on any atom is 0.417 e. The molecule has 1 aromatic heterocycles. The molecule has 4 amide bonds. The zero-order valence-electron chi connectivity index (χ0n) is 32.7. The highest BCUT2D eigenvalue weighted by Crippen LogP contribution is 2.64. The number of phenols is 1. The van der Waals surface area contributed by atoms with Crippen LogP contribution in [0, 0.1) is 23.7 Å². The lowest BCUT2D eigenvalue weighted by atomic mass is 9.49. The Bertz CT molecular complexity index is 2660. The minimum Gasteiger partial charge on any atom is -0.504 e. The third-order valence-corrected chi connectivity index (χ3v) is 12.9. The Balaban J connectivity index is 1.16. The Labute approximate surface area is 363 Å². The molecule has 4 aromatic carbocycles. The molecule has 3 heterocycles. The van der Waals surface area contributed by atoms with Gasteiger partial charge in [-0.1, -0.05) is 71.2 Å². The Morgan fingerprint density at radius 1 is 0.871 bits per heavy atom. The van der Waals surface area contributed by atoms with Crippen molar-refractivity contribution >= 4 is 69.7 Å². The van der Waals surface area contributed by atoms with Crippen molar-refractivity contribution in [3.05, 3.63) is 148 Å². The van der Waals surface area contributed by atoms with Gasteiger partial charge >= 0.3 is 6.18 Å². The topological polar surface area (TPSA) is 141 Å². The number of aromatic nitrogens is 1. The van der Waals surface area contributed by atoms with Crippen LogP contribution in [-0.2, 0) is 30.8 Å². The van der Waals surface area contributed by atoms with Crippen LogP contribution in [0.4, 0.5) is 36.1 Å². The second-order valence-electron chi connectivity index (χ2n) is 15.6. The average molecular weight is 883 g/mol. The number of halogens is 5. The van der Waals surface area contributed by atoms with Crippen molar-refractivity contribution in [2.24, 2.45) is 23.7 Å². The second-order valence-corrected chi connectivity index (χ2v) is 16.5. The van der Waals surface area contributed by atoms with Crippen molar-refractivity contribution in [1.29, 1.82) is 0 Å². The minimum atomic E-state index is -4.76. The highest BCUT2D eigenvalue weighted by atomic mass is 35.5. The lowest BCUT2D eigenvalue weighted by molar-refractivity contribution is -0.139. The summed E-state index contributed by atoms with van der Waals surface area (Å²) in [4.78, 5) is 64.6. The smallest absolute Gasteiger partial charge is 0.417 e. The van der Waals surface area contributed by atoms with Crippen molar-refractivity contribution in [1.82, 2.24) is 9.99 Å². The highest BCUT2D eigenvalue weighted by molar-refractivity contribution is 6.33. The number of carbonyl (C=O) groups is 4. The van der Waals surface area contributed by atoms with E-state index in [1.165, 1.54) is 11.0 Å². The SMILES string of the molecule is CCOc1cc(C2C3=CCC4C(=O)N(c5ccc(Nc6ccccc6)cc5)C(=O)C4C3CC3C(=O)N(Nc4ncc(C(F)(F)F)cc4Cl)C(=O)C32c2ccc(Cl)cc2)ccc1O. The molecule has 11 nitrogen and oxygen atoms in total. The van der Waals surface area contributed by atoms with E-state index in [2.05, 4.69) is 15.7 Å². The molecule has 6 atom stereocenters. The van der Waals surface area contributed by atoms with E-state index in [4.69, 9.17) is 27.9 Å². The third kappa shape index (κ3) is 6.63. The number of ether oxygens (including phenoxy) is 1. The summed E-state index contributed by atoms with van der Waals surface area (Å²) >= 11 is 12.7. The van der Waals surface area contributed by atoms with Crippen LogP contribution in [0.25, 0.3) is 0 Å². The minimum absolute atomic E-state index is 0.0632. The van der Waals surface area contributed by atoms with Crippen LogP contribution in [0.5, 0.6) is 11.5 Å². The zero-order valence-corrected chi connectivity index (χ0v) is 34.2. The number of nitrogens with zero attached hydrogens (tertiary/aromatic N) is 3. The van der Waals surface area contributed by atoms with Crippen molar-refractivity contribution in [3.63, 3.8) is 0 Å². The number of alkyl halides is 3. The van der Waals surface area contributed by atoms with Crippen LogP contribution < -0.4 is 20.4 Å². The third-order valence-electron chi connectivity index (χ3n) is 12.4. The zero-order chi connectivity index (χ0) is 43.7. The Kier molecular flexibility index (Phi) is 10.3. The van der Waals surface area contributed by atoms with Gasteiger partial charge in [0.15, 0.2) is 17.3 Å². The molecule has 2 aliphatic heterocycles. The van der Waals surface area contributed by atoms with Crippen LogP contribution in [0.3, 0.4) is 0 Å². The first kappa shape index (κ1) is 41.0. The van der Waals surface area contributed by atoms with Gasteiger partial charge in [-0.2, -0.15) is 18.2 Å². The van der Waals surface area contributed by atoms with Gasteiger partial charge in [0.1, 0.15) is 0 Å². The van der Waals surface area contributed by atoms with Crippen LogP contribution in [-0.4, -0.2) is 45.3 Å². The molecule has 4 aliphatic rings. The van der Waals surface area contributed by atoms with E-state index < -0.39 is 75.4 Å². The molecule has 9 rings (SSSR count). The number of nitrogens with one attached hydrogen (secondary N) is 2. The van der Waals surface area contributed by atoms with E-state index in [0.29, 0.717) is 39.7 Å². The maximum absolute atomic E-state index is 15.5. The Hall–Kier alpha value is -6.38. The first-order valence-corrected chi connectivity index (χ1v) is 20.6. The second kappa shape index (κ2) is 15.5. The summed E-state index contributed by atoms with van der Waals surface area (Å²) in [5.74, 6) is -7.47. The first-order valence-electron chi connectivity index (χ1n) is 19.8. The van der Waals surface area contributed by atoms with Gasteiger partial charge in [0, 0.05) is 28.5 Å². The fraction of sp³-hybridized carbons (Fsp3) is 0.239. The molecular formula is C46H36Cl2F3N5O6. The van der Waals surface area contributed by atoms with Gasteiger partial charge in [0.25, 0.3) is 11.8 Å². The van der Waals surface area contributed by atoms with Crippen LogP contribution >= 0.6 is 23.2 Å². The number of hydrogen-bond acceptors (Lipinski definition) is 9. The number of pyridine rings is 1. The summed E-state index contributed by atoms with van der Waals surface area (Å²) in [5, 5.41) is 14.7. The van der Waals surface area contributed by atoms with Gasteiger partial charge in [-0.15, -0.1) is 0 Å². The highest BCUT2D eigenvalue weighted by Gasteiger charge is 2.70. The quantitative estimate of drug-likeness (QED) is 0.0976. The number of rotatable bonds is 9. The van der Waals surface area contributed by atoms with Gasteiger partial charge in [-0.05, 0) is 104 Å². The van der Waals surface area contributed by atoms with Gasteiger partial charge in [-0.3, -0.25) is 29.5 Å². The van der Waals surface area contributed by atoms with Gasteiger partial charge in [0.2, 0.25) is 11.8 Å². The number of anilines is 4. The van der Waals surface area contributed by atoms with Gasteiger partial charge in [-0.25, -0.2) is 4.98 Å². The fourth-order valence-corrected chi connectivity index (χ4v) is 10.1. The number of aromatic hydroxyl groups is 1. The van der Waals surface area contributed by atoms with Crippen LogP contribution in [0.2, 0.25) is 10.0 Å². The molecule has 3 fully saturated rings. The molecule has 2 aliphatic carbocycles. The predicted molar refractivity (Wildman–Crippen MR) is 225 cm³/mol. The first-order chi connectivity index (χ1) is 29.7. The molecule has 0 spiro atoms. The molecule has 62 heavy (non-hydrogen) atoms. The number of allylic oxidation sites excluding steroid dienone is 2. The molecule has 0 bridgehead atoms. The number of carbonyl (C=O) groups excluding carboxylic acids is 4. The summed E-state index contributed by atoms with van der Waals surface area (Å²) in [7, 11) is 0. The van der Waals surface area contributed by atoms with E-state index in [-0.39, 0.29) is 36.8 Å². The molecule has 6 unspecified atom stereocenters. The van der Waals surface area contributed by atoms with Crippen molar-refractivity contribution in [2.75, 3.05) is 22.2 Å². The number of amides is 4. The molecule has 3 N–H and O–H groups in total. The molecule has 316 valence electrons. The summed E-state index contributed by atoms with van der Waals surface area (Å²) in [5.41, 5.74) is 3.18. The predicted octanol–water partition coefficient (Wildman–Crippen LogP) is 9.44. The Morgan fingerprint density at radius 2 is 1.58 bits per heavy atom. The van der Waals surface area contributed by atoms with Crippen molar-refractivity contribution < 1.29 is 42.2 Å². The summed E-state index contributed by atoms with van der Waals surface area (Å²) in [6, 6.07) is 28.1. The average Bonchev–Trinajstić information content (AvgIpc) is 3.63.